The zero-order chi connectivity index (χ0) is 14.7. The highest BCUT2D eigenvalue weighted by Crippen LogP contribution is 2.33. The van der Waals surface area contributed by atoms with Crippen molar-refractivity contribution in [2.75, 3.05) is 6.61 Å². The van der Waals surface area contributed by atoms with Crippen LogP contribution < -0.4 is 4.74 Å². The van der Waals surface area contributed by atoms with Crippen LogP contribution in [0, 0.1) is 4.64 Å². The van der Waals surface area contributed by atoms with E-state index < -0.39 is 0 Å². The molecular weight excluding hydrogens is 280 g/mol. The van der Waals surface area contributed by atoms with Crippen molar-refractivity contribution in [3.05, 3.63) is 53.2 Å². The standard InChI is InChI=1S/C17H16N2OS/c1-2-11-20-15-10-6-5-9-14(15)16-12-7-3-4-8-13(12)17(21)19-18-16/h3-10H,2,11H2,1H3,(H,19,21). The minimum absolute atomic E-state index is 0.654. The average molecular weight is 296 g/mol. The Kier molecular flexibility index (Phi) is 3.97. The lowest BCUT2D eigenvalue weighted by Gasteiger charge is -2.12. The minimum Gasteiger partial charge on any atom is -0.493 e. The molecule has 0 radical (unpaired) electrons. The first-order valence-corrected chi connectivity index (χ1v) is 7.41. The largest absolute Gasteiger partial charge is 0.493 e. The van der Waals surface area contributed by atoms with E-state index in [1.54, 1.807) is 0 Å². The van der Waals surface area contributed by atoms with Crippen LogP contribution in [0.3, 0.4) is 0 Å². The van der Waals surface area contributed by atoms with Crippen LogP contribution in [-0.4, -0.2) is 16.8 Å². The van der Waals surface area contributed by atoms with Crippen LogP contribution in [-0.2, 0) is 0 Å². The van der Waals surface area contributed by atoms with Gasteiger partial charge < -0.3 is 4.74 Å². The van der Waals surface area contributed by atoms with Gasteiger partial charge in [-0.3, -0.25) is 5.10 Å². The summed E-state index contributed by atoms with van der Waals surface area (Å²) in [5.74, 6) is 0.850. The monoisotopic (exact) mass is 296 g/mol. The molecule has 21 heavy (non-hydrogen) atoms. The Balaban J connectivity index is 2.22. The first-order chi connectivity index (χ1) is 10.3. The first kappa shape index (κ1) is 13.8. The fourth-order valence-corrected chi connectivity index (χ4v) is 2.54. The van der Waals surface area contributed by atoms with E-state index in [1.165, 1.54) is 0 Å². The van der Waals surface area contributed by atoms with Gasteiger partial charge in [0.2, 0.25) is 0 Å². The summed E-state index contributed by atoms with van der Waals surface area (Å²) in [6.07, 6.45) is 0.972. The Bertz CT molecular complexity index is 826. The number of fused-ring (bicyclic) bond motifs is 1. The van der Waals surface area contributed by atoms with Crippen LogP contribution in [0.15, 0.2) is 48.5 Å². The van der Waals surface area contributed by atoms with Crippen molar-refractivity contribution in [3.8, 4) is 17.0 Å². The third kappa shape index (κ3) is 2.67. The maximum atomic E-state index is 5.84. The smallest absolute Gasteiger partial charge is 0.128 e. The summed E-state index contributed by atoms with van der Waals surface area (Å²) in [6.45, 7) is 2.79. The molecule has 0 aliphatic rings. The number of ether oxygens (including phenoxy) is 1. The number of nitrogens with zero attached hydrogens (tertiary/aromatic N) is 1. The second-order valence-electron chi connectivity index (χ2n) is 4.79. The number of rotatable bonds is 4. The molecule has 1 aromatic heterocycles. The molecule has 2 aromatic carbocycles. The summed E-state index contributed by atoms with van der Waals surface area (Å²) in [5, 5.41) is 9.41. The van der Waals surface area contributed by atoms with E-state index in [2.05, 4.69) is 17.1 Å². The molecule has 0 bridgehead atoms. The topological polar surface area (TPSA) is 37.9 Å². The minimum atomic E-state index is 0.654. The number of aromatic amines is 1. The maximum Gasteiger partial charge on any atom is 0.128 e. The molecule has 106 valence electrons. The summed E-state index contributed by atoms with van der Waals surface area (Å²) in [4.78, 5) is 0. The van der Waals surface area contributed by atoms with E-state index >= 15 is 0 Å². The summed E-state index contributed by atoms with van der Waals surface area (Å²) in [5.41, 5.74) is 1.85. The van der Waals surface area contributed by atoms with E-state index in [0.717, 1.165) is 34.2 Å². The molecule has 0 spiro atoms. The Morgan fingerprint density at radius 2 is 1.76 bits per heavy atom. The first-order valence-electron chi connectivity index (χ1n) is 7.01. The molecule has 1 heterocycles. The fourth-order valence-electron chi connectivity index (χ4n) is 2.32. The van der Waals surface area contributed by atoms with Crippen LogP contribution >= 0.6 is 12.2 Å². The SMILES string of the molecule is CCCOc1ccccc1-c1n[nH]c(=S)c2ccccc12. The van der Waals surface area contributed by atoms with Crippen LogP contribution in [0.4, 0.5) is 0 Å². The molecule has 0 aliphatic heterocycles. The van der Waals surface area contributed by atoms with Crippen LogP contribution in [0.1, 0.15) is 13.3 Å². The van der Waals surface area contributed by atoms with Crippen molar-refractivity contribution < 1.29 is 4.74 Å². The number of H-pyrrole nitrogens is 1. The molecule has 3 aromatic rings. The fraction of sp³-hybridized carbons (Fsp3) is 0.176. The molecule has 0 amide bonds. The Labute approximate surface area is 128 Å². The second-order valence-corrected chi connectivity index (χ2v) is 5.20. The maximum absolute atomic E-state index is 5.84. The molecule has 0 aliphatic carbocycles. The molecular formula is C17H16N2OS. The molecule has 3 nitrogen and oxygen atoms in total. The highest BCUT2D eigenvalue weighted by Gasteiger charge is 2.11. The molecule has 4 heteroatoms. The van der Waals surface area contributed by atoms with Crippen molar-refractivity contribution in [2.24, 2.45) is 0 Å². The number of hydrogen-bond donors (Lipinski definition) is 1. The van der Waals surface area contributed by atoms with Gasteiger partial charge in [-0.1, -0.05) is 55.5 Å². The molecule has 0 unspecified atom stereocenters. The number of para-hydroxylation sites is 1. The van der Waals surface area contributed by atoms with E-state index in [9.17, 15) is 0 Å². The molecule has 1 N–H and O–H groups in total. The van der Waals surface area contributed by atoms with E-state index in [-0.39, 0.29) is 0 Å². The zero-order valence-corrected chi connectivity index (χ0v) is 12.6. The van der Waals surface area contributed by atoms with Crippen molar-refractivity contribution in [3.63, 3.8) is 0 Å². The lowest BCUT2D eigenvalue weighted by Crippen LogP contribution is -1.98. The van der Waals surface area contributed by atoms with Gasteiger partial charge in [-0.05, 0) is 18.6 Å². The van der Waals surface area contributed by atoms with E-state index in [4.69, 9.17) is 17.0 Å². The van der Waals surface area contributed by atoms with Gasteiger partial charge in [-0.25, -0.2) is 0 Å². The van der Waals surface area contributed by atoms with Gasteiger partial charge in [0.25, 0.3) is 0 Å². The Hall–Kier alpha value is -2.20. The normalized spacial score (nSPS) is 10.7. The van der Waals surface area contributed by atoms with Crippen LogP contribution in [0.2, 0.25) is 0 Å². The Morgan fingerprint density at radius 1 is 1.05 bits per heavy atom. The van der Waals surface area contributed by atoms with Gasteiger partial charge in [-0.15, -0.1) is 0 Å². The van der Waals surface area contributed by atoms with Crippen LogP contribution in [0.5, 0.6) is 5.75 Å². The highest BCUT2D eigenvalue weighted by molar-refractivity contribution is 7.71. The Morgan fingerprint density at radius 3 is 2.57 bits per heavy atom. The zero-order valence-electron chi connectivity index (χ0n) is 11.8. The van der Waals surface area contributed by atoms with Gasteiger partial charge in [0.1, 0.15) is 16.1 Å². The number of aromatic nitrogens is 2. The molecule has 0 fully saturated rings. The van der Waals surface area contributed by atoms with Gasteiger partial charge in [0.15, 0.2) is 0 Å². The lowest BCUT2D eigenvalue weighted by atomic mass is 10.0. The summed E-state index contributed by atoms with van der Waals surface area (Å²) in [6, 6.07) is 16.0. The van der Waals surface area contributed by atoms with E-state index in [1.807, 2.05) is 48.5 Å². The van der Waals surface area contributed by atoms with E-state index in [0.29, 0.717) is 11.2 Å². The van der Waals surface area contributed by atoms with Crippen molar-refractivity contribution >= 4 is 23.0 Å². The molecule has 0 saturated carbocycles. The molecule has 3 rings (SSSR count). The number of nitrogens with one attached hydrogen (secondary N) is 1. The predicted octanol–water partition coefficient (Wildman–Crippen LogP) is 4.75. The summed E-state index contributed by atoms with van der Waals surface area (Å²) >= 11 is 5.32. The van der Waals surface area contributed by atoms with Gasteiger partial charge in [-0.2, -0.15) is 5.10 Å². The number of benzene rings is 2. The lowest BCUT2D eigenvalue weighted by molar-refractivity contribution is 0.318. The second kappa shape index (κ2) is 6.06. The van der Waals surface area contributed by atoms with Gasteiger partial charge >= 0.3 is 0 Å². The van der Waals surface area contributed by atoms with Crippen molar-refractivity contribution in [1.82, 2.24) is 10.2 Å². The average Bonchev–Trinajstić information content (AvgIpc) is 2.54. The third-order valence-electron chi connectivity index (χ3n) is 3.30. The van der Waals surface area contributed by atoms with Crippen LogP contribution in [0.25, 0.3) is 22.0 Å². The number of hydrogen-bond acceptors (Lipinski definition) is 3. The van der Waals surface area contributed by atoms with Gasteiger partial charge in [0, 0.05) is 16.3 Å². The van der Waals surface area contributed by atoms with Crippen molar-refractivity contribution in [2.45, 2.75) is 13.3 Å². The highest BCUT2D eigenvalue weighted by atomic mass is 32.1. The quantitative estimate of drug-likeness (QED) is 0.706. The molecule has 0 saturated heterocycles. The third-order valence-corrected chi connectivity index (χ3v) is 3.61. The summed E-state index contributed by atoms with van der Waals surface area (Å²) in [7, 11) is 0. The van der Waals surface area contributed by atoms with Gasteiger partial charge in [0.05, 0.1) is 6.61 Å². The summed E-state index contributed by atoms with van der Waals surface area (Å²) < 4.78 is 6.49. The molecule has 0 atom stereocenters. The van der Waals surface area contributed by atoms with Crippen molar-refractivity contribution in [1.29, 1.82) is 0 Å². The predicted molar refractivity (Wildman–Crippen MR) is 88.1 cm³/mol.